The van der Waals surface area contributed by atoms with E-state index in [4.69, 9.17) is 11.6 Å². The predicted octanol–water partition coefficient (Wildman–Crippen LogP) is 5.06. The SMILES string of the molecule is CN1CCN(CCCNC2CCc3c(Br)ccc(Cl)c32)C(c2ccccc2)C1. The minimum absolute atomic E-state index is 0.386. The third kappa shape index (κ3) is 4.47. The van der Waals surface area contributed by atoms with Gasteiger partial charge in [0, 0.05) is 47.8 Å². The van der Waals surface area contributed by atoms with Crippen LogP contribution in [-0.2, 0) is 6.42 Å². The second-order valence-electron chi connectivity index (χ2n) is 8.05. The van der Waals surface area contributed by atoms with Crippen LogP contribution in [0.2, 0.25) is 5.02 Å². The fourth-order valence-corrected chi connectivity index (χ4v) is 5.50. The number of benzene rings is 2. The molecular weight excluding hydrogens is 434 g/mol. The van der Waals surface area contributed by atoms with Gasteiger partial charge in [0.05, 0.1) is 0 Å². The van der Waals surface area contributed by atoms with E-state index in [0.29, 0.717) is 12.1 Å². The second-order valence-corrected chi connectivity index (χ2v) is 9.31. The van der Waals surface area contributed by atoms with Crippen LogP contribution in [0.25, 0.3) is 0 Å². The van der Waals surface area contributed by atoms with Crippen molar-refractivity contribution in [2.45, 2.75) is 31.3 Å². The van der Waals surface area contributed by atoms with E-state index in [2.05, 4.69) is 74.5 Å². The molecule has 1 fully saturated rings. The Hall–Kier alpha value is -0.910. The van der Waals surface area contributed by atoms with Gasteiger partial charge in [-0.25, -0.2) is 0 Å². The second kappa shape index (κ2) is 9.27. The summed E-state index contributed by atoms with van der Waals surface area (Å²) in [5.74, 6) is 0. The third-order valence-electron chi connectivity index (χ3n) is 6.17. The molecule has 3 nitrogen and oxygen atoms in total. The van der Waals surface area contributed by atoms with Gasteiger partial charge in [-0.3, -0.25) is 4.90 Å². The molecule has 1 aliphatic carbocycles. The zero-order valence-corrected chi connectivity index (χ0v) is 18.8. The lowest BCUT2D eigenvalue weighted by Crippen LogP contribution is -2.47. The summed E-state index contributed by atoms with van der Waals surface area (Å²) < 4.78 is 1.19. The van der Waals surface area contributed by atoms with Crippen molar-refractivity contribution in [3.63, 3.8) is 0 Å². The first-order valence-corrected chi connectivity index (χ1v) is 11.5. The van der Waals surface area contributed by atoms with Crippen LogP contribution in [0.3, 0.4) is 0 Å². The zero-order chi connectivity index (χ0) is 19.5. The van der Waals surface area contributed by atoms with E-state index in [1.54, 1.807) is 0 Å². The van der Waals surface area contributed by atoms with E-state index >= 15 is 0 Å². The van der Waals surface area contributed by atoms with E-state index in [9.17, 15) is 0 Å². The van der Waals surface area contributed by atoms with Gasteiger partial charge in [-0.05, 0) is 61.7 Å². The minimum Gasteiger partial charge on any atom is -0.310 e. The third-order valence-corrected chi connectivity index (χ3v) is 7.24. The minimum atomic E-state index is 0.386. The van der Waals surface area contributed by atoms with Crippen LogP contribution in [0.15, 0.2) is 46.9 Å². The van der Waals surface area contributed by atoms with Crippen molar-refractivity contribution < 1.29 is 0 Å². The molecule has 2 aromatic rings. The molecule has 2 aliphatic rings. The first-order valence-electron chi connectivity index (χ1n) is 10.3. The molecule has 0 amide bonds. The van der Waals surface area contributed by atoms with Gasteiger partial charge in [-0.1, -0.05) is 57.9 Å². The van der Waals surface area contributed by atoms with Crippen LogP contribution in [0, 0.1) is 0 Å². The molecule has 0 spiro atoms. The highest BCUT2D eigenvalue weighted by Gasteiger charge is 2.28. The smallest absolute Gasteiger partial charge is 0.0475 e. The maximum atomic E-state index is 6.50. The topological polar surface area (TPSA) is 18.5 Å². The first kappa shape index (κ1) is 20.4. The highest BCUT2D eigenvalue weighted by Crippen LogP contribution is 2.40. The summed E-state index contributed by atoms with van der Waals surface area (Å²) in [5.41, 5.74) is 4.12. The molecule has 0 bridgehead atoms. The molecule has 0 saturated carbocycles. The number of nitrogens with one attached hydrogen (secondary N) is 1. The monoisotopic (exact) mass is 461 g/mol. The maximum absolute atomic E-state index is 6.50. The Balaban J connectivity index is 1.33. The summed E-state index contributed by atoms with van der Waals surface area (Å²) in [7, 11) is 2.23. The average molecular weight is 463 g/mol. The van der Waals surface area contributed by atoms with Crippen molar-refractivity contribution in [1.82, 2.24) is 15.1 Å². The molecule has 2 atom stereocenters. The van der Waals surface area contributed by atoms with Gasteiger partial charge in [-0.2, -0.15) is 0 Å². The molecule has 2 aromatic carbocycles. The van der Waals surface area contributed by atoms with Gasteiger partial charge >= 0.3 is 0 Å². The van der Waals surface area contributed by atoms with Crippen LogP contribution in [0.4, 0.5) is 0 Å². The largest absolute Gasteiger partial charge is 0.310 e. The number of nitrogens with zero attached hydrogens (tertiary/aromatic N) is 2. The molecule has 1 saturated heterocycles. The Morgan fingerprint density at radius 1 is 1.14 bits per heavy atom. The predicted molar refractivity (Wildman–Crippen MR) is 121 cm³/mol. The van der Waals surface area contributed by atoms with E-state index < -0.39 is 0 Å². The lowest BCUT2D eigenvalue weighted by Gasteiger charge is -2.40. The molecule has 0 aromatic heterocycles. The van der Waals surface area contributed by atoms with Crippen molar-refractivity contribution in [1.29, 1.82) is 0 Å². The maximum Gasteiger partial charge on any atom is 0.0475 e. The van der Waals surface area contributed by atoms with Gasteiger partial charge in [-0.15, -0.1) is 0 Å². The fourth-order valence-electron chi connectivity index (χ4n) is 4.65. The van der Waals surface area contributed by atoms with Gasteiger partial charge in [0.2, 0.25) is 0 Å². The number of likely N-dealkylation sites (N-methyl/N-ethyl adjacent to an activating group) is 1. The van der Waals surface area contributed by atoms with Crippen molar-refractivity contribution in [2.75, 3.05) is 39.8 Å². The molecule has 1 heterocycles. The van der Waals surface area contributed by atoms with Gasteiger partial charge < -0.3 is 10.2 Å². The van der Waals surface area contributed by atoms with Crippen LogP contribution in [-0.4, -0.2) is 49.6 Å². The average Bonchev–Trinajstić information content (AvgIpc) is 3.15. The summed E-state index contributed by atoms with van der Waals surface area (Å²) in [5, 5.41) is 4.67. The number of piperazine rings is 1. The Morgan fingerprint density at radius 2 is 1.96 bits per heavy atom. The Morgan fingerprint density at radius 3 is 2.79 bits per heavy atom. The van der Waals surface area contributed by atoms with Crippen molar-refractivity contribution in [2.24, 2.45) is 0 Å². The van der Waals surface area contributed by atoms with E-state index in [-0.39, 0.29) is 0 Å². The van der Waals surface area contributed by atoms with Crippen molar-refractivity contribution in [3.05, 3.63) is 68.7 Å². The molecule has 4 rings (SSSR count). The summed E-state index contributed by atoms with van der Waals surface area (Å²) >= 11 is 10.2. The highest BCUT2D eigenvalue weighted by atomic mass is 79.9. The fraction of sp³-hybridized carbons (Fsp3) is 0.478. The molecule has 5 heteroatoms. The van der Waals surface area contributed by atoms with Gasteiger partial charge in [0.15, 0.2) is 0 Å². The normalized spacial score (nSPS) is 23.1. The first-order chi connectivity index (χ1) is 13.6. The molecule has 0 radical (unpaired) electrons. The Kier molecular flexibility index (Phi) is 6.74. The quantitative estimate of drug-likeness (QED) is 0.605. The molecule has 2 unspecified atom stereocenters. The van der Waals surface area contributed by atoms with E-state index in [0.717, 1.165) is 57.0 Å². The number of hydrogen-bond acceptors (Lipinski definition) is 3. The molecular formula is C23H29BrClN3. The van der Waals surface area contributed by atoms with Gasteiger partial charge in [0.25, 0.3) is 0 Å². The standard InChI is InChI=1S/C23H29BrClN3/c1-27-14-15-28(22(16-27)17-6-3-2-4-7-17)13-5-12-26-21-11-8-18-19(24)9-10-20(25)23(18)21/h2-4,6-7,9-10,21-22,26H,5,8,11-16H2,1H3. The van der Waals surface area contributed by atoms with Gasteiger partial charge in [0.1, 0.15) is 0 Å². The molecule has 1 aliphatic heterocycles. The van der Waals surface area contributed by atoms with Crippen LogP contribution in [0.5, 0.6) is 0 Å². The Bertz CT molecular complexity index is 798. The number of fused-ring (bicyclic) bond motifs is 1. The van der Waals surface area contributed by atoms with Crippen molar-refractivity contribution >= 4 is 27.5 Å². The lowest BCUT2D eigenvalue weighted by atomic mass is 10.0. The zero-order valence-electron chi connectivity index (χ0n) is 16.5. The lowest BCUT2D eigenvalue weighted by molar-refractivity contribution is 0.0886. The summed E-state index contributed by atoms with van der Waals surface area (Å²) in [6, 6.07) is 15.9. The number of halogens is 2. The van der Waals surface area contributed by atoms with E-state index in [1.807, 2.05) is 6.07 Å². The summed E-state index contributed by atoms with van der Waals surface area (Å²) in [6.45, 7) is 5.56. The highest BCUT2D eigenvalue weighted by molar-refractivity contribution is 9.10. The van der Waals surface area contributed by atoms with Crippen LogP contribution >= 0.6 is 27.5 Å². The van der Waals surface area contributed by atoms with Crippen molar-refractivity contribution in [3.8, 4) is 0 Å². The summed E-state index contributed by atoms with van der Waals surface area (Å²) in [4.78, 5) is 5.10. The van der Waals surface area contributed by atoms with Crippen LogP contribution in [0.1, 0.15) is 41.6 Å². The molecule has 1 N–H and O–H groups in total. The number of rotatable bonds is 6. The summed E-state index contributed by atoms with van der Waals surface area (Å²) in [6.07, 6.45) is 3.39. The molecule has 28 heavy (non-hydrogen) atoms. The molecule has 150 valence electrons. The number of hydrogen-bond donors (Lipinski definition) is 1. The Labute approximate surface area is 182 Å². The van der Waals surface area contributed by atoms with E-state index in [1.165, 1.54) is 21.2 Å². The van der Waals surface area contributed by atoms with Crippen LogP contribution < -0.4 is 5.32 Å².